The van der Waals surface area contributed by atoms with Gasteiger partial charge in [0.15, 0.2) is 0 Å². The van der Waals surface area contributed by atoms with Gasteiger partial charge >= 0.3 is 0 Å². The molecule has 120 valence electrons. The molecule has 0 saturated heterocycles. The number of fused-ring (bicyclic) bond motifs is 1. The van der Waals surface area contributed by atoms with Gasteiger partial charge in [0, 0.05) is 38.2 Å². The first-order chi connectivity index (χ1) is 10.6. The van der Waals surface area contributed by atoms with E-state index in [2.05, 4.69) is 42.3 Å². The molecule has 0 bridgehead atoms. The number of hydrogen-bond acceptors (Lipinski definition) is 3. The molecular formula is C18H26N2O2. The molecule has 1 heterocycles. The van der Waals surface area contributed by atoms with Crippen molar-refractivity contribution >= 4 is 5.91 Å². The molecule has 2 aliphatic rings. The Balaban J connectivity index is 1.55. The Morgan fingerprint density at radius 2 is 2.23 bits per heavy atom. The van der Waals surface area contributed by atoms with Crippen molar-refractivity contribution in [3.63, 3.8) is 0 Å². The minimum Gasteiger partial charge on any atom is -0.489 e. The molecule has 1 aliphatic heterocycles. The third kappa shape index (κ3) is 4.23. The summed E-state index contributed by atoms with van der Waals surface area (Å²) in [5.41, 5.74) is 2.47. The monoisotopic (exact) mass is 302 g/mol. The zero-order chi connectivity index (χ0) is 15.5. The van der Waals surface area contributed by atoms with Crippen LogP contribution in [0.25, 0.3) is 0 Å². The number of benzene rings is 1. The SMILES string of the molecule is Cc1ccc2c(c1)CN(CCC(=O)NCC1CC1)C[C@H](C)O2. The first kappa shape index (κ1) is 15.3. The lowest BCUT2D eigenvalue weighted by atomic mass is 10.1. The summed E-state index contributed by atoms with van der Waals surface area (Å²) < 4.78 is 5.99. The van der Waals surface area contributed by atoms with Crippen LogP contribution in [-0.4, -0.2) is 36.5 Å². The fraction of sp³-hybridized carbons (Fsp3) is 0.611. The van der Waals surface area contributed by atoms with E-state index in [0.717, 1.165) is 37.8 Å². The molecule has 3 rings (SSSR count). The van der Waals surface area contributed by atoms with E-state index in [9.17, 15) is 4.79 Å². The van der Waals surface area contributed by atoms with Crippen LogP contribution in [0.1, 0.15) is 37.3 Å². The third-order valence-electron chi connectivity index (χ3n) is 4.39. The van der Waals surface area contributed by atoms with E-state index >= 15 is 0 Å². The van der Waals surface area contributed by atoms with Crippen molar-refractivity contribution in [3.05, 3.63) is 29.3 Å². The lowest BCUT2D eigenvalue weighted by molar-refractivity contribution is -0.121. The molecular weight excluding hydrogens is 276 g/mol. The van der Waals surface area contributed by atoms with Crippen molar-refractivity contribution in [1.29, 1.82) is 0 Å². The Labute approximate surface area is 132 Å². The first-order valence-electron chi connectivity index (χ1n) is 8.35. The summed E-state index contributed by atoms with van der Waals surface area (Å²) in [4.78, 5) is 14.2. The van der Waals surface area contributed by atoms with Crippen molar-refractivity contribution < 1.29 is 9.53 Å². The molecule has 1 saturated carbocycles. The van der Waals surface area contributed by atoms with Crippen LogP contribution in [0.2, 0.25) is 0 Å². The molecule has 0 aromatic heterocycles. The summed E-state index contributed by atoms with van der Waals surface area (Å²) in [6, 6.07) is 6.34. The van der Waals surface area contributed by atoms with Gasteiger partial charge in [0.2, 0.25) is 5.91 Å². The smallest absolute Gasteiger partial charge is 0.221 e. The number of ether oxygens (including phenoxy) is 1. The van der Waals surface area contributed by atoms with Gasteiger partial charge in [0.1, 0.15) is 11.9 Å². The van der Waals surface area contributed by atoms with Gasteiger partial charge < -0.3 is 10.1 Å². The molecule has 22 heavy (non-hydrogen) atoms. The minimum atomic E-state index is 0.151. The van der Waals surface area contributed by atoms with Crippen LogP contribution in [0.15, 0.2) is 18.2 Å². The van der Waals surface area contributed by atoms with Crippen LogP contribution in [0.4, 0.5) is 0 Å². The maximum absolute atomic E-state index is 11.9. The van der Waals surface area contributed by atoms with E-state index in [-0.39, 0.29) is 12.0 Å². The second-order valence-electron chi connectivity index (χ2n) is 6.77. The number of carbonyl (C=O) groups is 1. The number of amides is 1. The topological polar surface area (TPSA) is 41.6 Å². The third-order valence-corrected chi connectivity index (χ3v) is 4.39. The van der Waals surface area contributed by atoms with Crippen LogP contribution in [0.3, 0.4) is 0 Å². The highest BCUT2D eigenvalue weighted by Gasteiger charge is 2.23. The molecule has 1 amide bonds. The van der Waals surface area contributed by atoms with Gasteiger partial charge in [-0.15, -0.1) is 0 Å². The molecule has 1 aromatic rings. The Morgan fingerprint density at radius 3 is 3.00 bits per heavy atom. The Hall–Kier alpha value is -1.55. The summed E-state index contributed by atoms with van der Waals surface area (Å²) in [5, 5.41) is 3.04. The summed E-state index contributed by atoms with van der Waals surface area (Å²) >= 11 is 0. The van der Waals surface area contributed by atoms with Gasteiger partial charge in [-0.2, -0.15) is 0 Å². The fourth-order valence-electron chi connectivity index (χ4n) is 2.97. The van der Waals surface area contributed by atoms with Crippen LogP contribution >= 0.6 is 0 Å². The van der Waals surface area contributed by atoms with Crippen molar-refractivity contribution in [3.8, 4) is 5.75 Å². The predicted molar refractivity (Wildman–Crippen MR) is 86.9 cm³/mol. The number of rotatable bonds is 5. The van der Waals surface area contributed by atoms with E-state index in [1.807, 2.05) is 0 Å². The number of nitrogens with one attached hydrogen (secondary N) is 1. The Kier molecular flexibility index (Phi) is 4.67. The lowest BCUT2D eigenvalue weighted by Gasteiger charge is -2.21. The molecule has 4 heteroatoms. The van der Waals surface area contributed by atoms with Crippen LogP contribution in [-0.2, 0) is 11.3 Å². The molecule has 4 nitrogen and oxygen atoms in total. The molecule has 1 aliphatic carbocycles. The average Bonchev–Trinajstić information content (AvgIpc) is 3.29. The molecule has 1 N–H and O–H groups in total. The quantitative estimate of drug-likeness (QED) is 0.908. The number of hydrogen-bond donors (Lipinski definition) is 1. The van der Waals surface area contributed by atoms with Crippen molar-refractivity contribution in [2.75, 3.05) is 19.6 Å². The van der Waals surface area contributed by atoms with Crippen molar-refractivity contribution in [2.24, 2.45) is 5.92 Å². The van der Waals surface area contributed by atoms with Gasteiger partial charge in [-0.3, -0.25) is 9.69 Å². The molecule has 0 radical (unpaired) electrons. The van der Waals surface area contributed by atoms with E-state index < -0.39 is 0 Å². The Bertz CT molecular complexity index is 540. The average molecular weight is 302 g/mol. The highest BCUT2D eigenvalue weighted by Crippen LogP contribution is 2.28. The van der Waals surface area contributed by atoms with Crippen LogP contribution in [0.5, 0.6) is 5.75 Å². The lowest BCUT2D eigenvalue weighted by Crippen LogP contribution is -2.35. The second kappa shape index (κ2) is 6.69. The van der Waals surface area contributed by atoms with Gasteiger partial charge in [-0.05, 0) is 38.7 Å². The summed E-state index contributed by atoms with van der Waals surface area (Å²) in [6.45, 7) is 7.57. The zero-order valence-electron chi connectivity index (χ0n) is 13.6. The van der Waals surface area contributed by atoms with E-state index in [1.165, 1.54) is 24.0 Å². The maximum atomic E-state index is 11.9. The van der Waals surface area contributed by atoms with Gasteiger partial charge in [0.25, 0.3) is 0 Å². The van der Waals surface area contributed by atoms with Crippen molar-refractivity contribution in [1.82, 2.24) is 10.2 Å². The number of carbonyl (C=O) groups excluding carboxylic acids is 1. The molecule has 0 spiro atoms. The van der Waals surface area contributed by atoms with E-state index in [0.29, 0.717) is 6.42 Å². The van der Waals surface area contributed by atoms with E-state index in [4.69, 9.17) is 4.74 Å². The second-order valence-corrected chi connectivity index (χ2v) is 6.77. The molecule has 1 atom stereocenters. The highest BCUT2D eigenvalue weighted by molar-refractivity contribution is 5.76. The summed E-state index contributed by atoms with van der Waals surface area (Å²) in [5.74, 6) is 1.90. The van der Waals surface area contributed by atoms with Crippen LogP contribution < -0.4 is 10.1 Å². The minimum absolute atomic E-state index is 0.151. The molecule has 0 unspecified atom stereocenters. The summed E-state index contributed by atoms with van der Waals surface area (Å²) in [7, 11) is 0. The first-order valence-corrected chi connectivity index (χ1v) is 8.35. The maximum Gasteiger partial charge on any atom is 0.221 e. The molecule has 1 aromatic carbocycles. The standard InChI is InChI=1S/C18H26N2O2/c1-13-3-6-17-16(9-13)12-20(11-14(2)22-17)8-7-18(21)19-10-15-4-5-15/h3,6,9,14-15H,4-5,7-8,10-12H2,1-2H3,(H,19,21)/t14-/m0/s1. The Morgan fingerprint density at radius 1 is 1.41 bits per heavy atom. The van der Waals surface area contributed by atoms with Gasteiger partial charge in [0.05, 0.1) is 0 Å². The highest BCUT2D eigenvalue weighted by atomic mass is 16.5. The summed E-state index contributed by atoms with van der Waals surface area (Å²) in [6.07, 6.45) is 3.27. The zero-order valence-corrected chi connectivity index (χ0v) is 13.6. The van der Waals surface area contributed by atoms with E-state index in [1.54, 1.807) is 0 Å². The largest absolute Gasteiger partial charge is 0.489 e. The van der Waals surface area contributed by atoms with Gasteiger partial charge in [-0.25, -0.2) is 0 Å². The van der Waals surface area contributed by atoms with Crippen molar-refractivity contribution in [2.45, 2.75) is 45.8 Å². The fourth-order valence-corrected chi connectivity index (χ4v) is 2.97. The number of aryl methyl sites for hydroxylation is 1. The number of nitrogens with zero attached hydrogens (tertiary/aromatic N) is 1. The molecule has 1 fully saturated rings. The van der Waals surface area contributed by atoms with Gasteiger partial charge in [-0.1, -0.05) is 17.7 Å². The normalized spacial score (nSPS) is 21.6. The van der Waals surface area contributed by atoms with Crippen LogP contribution in [0, 0.1) is 12.8 Å². The predicted octanol–water partition coefficient (Wildman–Crippen LogP) is 2.49.